The van der Waals surface area contributed by atoms with Crippen molar-refractivity contribution in [2.75, 3.05) is 11.6 Å². The van der Waals surface area contributed by atoms with Gasteiger partial charge in [-0.1, -0.05) is 29.3 Å². The first kappa shape index (κ1) is 15.2. The molecule has 2 aromatic carbocycles. The van der Waals surface area contributed by atoms with Gasteiger partial charge < -0.3 is 5.32 Å². The highest BCUT2D eigenvalue weighted by molar-refractivity contribution is 7.98. The molecule has 0 unspecified atom stereocenters. The second-order valence-electron chi connectivity index (χ2n) is 4.11. The van der Waals surface area contributed by atoms with Crippen LogP contribution in [0.25, 0.3) is 0 Å². The molecular weight excluding hydrogens is 313 g/mol. The quantitative estimate of drug-likeness (QED) is 0.791. The summed E-state index contributed by atoms with van der Waals surface area (Å²) >= 11 is 13.3. The van der Waals surface area contributed by atoms with Crippen LogP contribution in [-0.4, -0.2) is 12.2 Å². The minimum Gasteiger partial charge on any atom is -0.322 e. The van der Waals surface area contributed by atoms with Crippen molar-refractivity contribution in [3.63, 3.8) is 0 Å². The molecule has 0 saturated heterocycles. The zero-order chi connectivity index (χ0) is 14.7. The summed E-state index contributed by atoms with van der Waals surface area (Å²) in [5, 5.41) is 3.61. The number of nitrogens with one attached hydrogen (secondary N) is 1. The van der Waals surface area contributed by atoms with Gasteiger partial charge >= 0.3 is 0 Å². The summed E-state index contributed by atoms with van der Waals surface area (Å²) < 4.78 is 0. The van der Waals surface area contributed by atoms with Crippen LogP contribution in [0.2, 0.25) is 10.0 Å². The molecule has 0 saturated carbocycles. The Morgan fingerprint density at radius 3 is 2.55 bits per heavy atom. The summed E-state index contributed by atoms with van der Waals surface area (Å²) in [6.07, 6.45) is 1.97. The Morgan fingerprint density at radius 1 is 1.15 bits per heavy atom. The van der Waals surface area contributed by atoms with Gasteiger partial charge in [-0.25, -0.2) is 0 Å². The fourth-order valence-electron chi connectivity index (χ4n) is 1.66. The maximum Gasteiger partial charge on any atom is 0.255 e. The first-order chi connectivity index (χ1) is 9.51. The van der Waals surface area contributed by atoms with Crippen molar-refractivity contribution in [2.24, 2.45) is 0 Å². The van der Waals surface area contributed by atoms with Crippen LogP contribution < -0.4 is 5.32 Å². The topological polar surface area (TPSA) is 29.1 Å². The van der Waals surface area contributed by atoms with E-state index in [2.05, 4.69) is 12.2 Å². The van der Waals surface area contributed by atoms with Gasteiger partial charge in [-0.15, -0.1) is 11.8 Å². The normalized spacial score (nSPS) is 10.4. The maximum absolute atomic E-state index is 12.1. The number of hydrogen-bond acceptors (Lipinski definition) is 2. The van der Waals surface area contributed by atoms with Crippen LogP contribution in [0.3, 0.4) is 0 Å². The lowest BCUT2D eigenvalue weighted by Gasteiger charge is -2.09. The molecule has 2 rings (SSSR count). The summed E-state index contributed by atoms with van der Waals surface area (Å²) in [5.74, 6) is -0.229. The van der Waals surface area contributed by atoms with Crippen molar-refractivity contribution in [3.05, 3.63) is 64.5 Å². The number of carbonyl (C=O) groups is 1. The number of amides is 1. The average Bonchev–Trinajstić information content (AvgIpc) is 2.43. The van der Waals surface area contributed by atoms with E-state index in [1.54, 1.807) is 30.0 Å². The Labute approximate surface area is 132 Å². The van der Waals surface area contributed by atoms with Crippen molar-refractivity contribution >= 4 is 46.6 Å². The molecule has 20 heavy (non-hydrogen) atoms. The molecule has 0 spiro atoms. The lowest BCUT2D eigenvalue weighted by molar-refractivity contribution is 0.102. The molecule has 1 N–H and O–H groups in total. The van der Waals surface area contributed by atoms with E-state index in [0.717, 1.165) is 16.1 Å². The molecule has 0 fully saturated rings. The molecule has 2 nitrogen and oxygen atoms in total. The first-order valence-electron chi connectivity index (χ1n) is 5.77. The highest BCUT2D eigenvalue weighted by atomic mass is 35.5. The molecule has 0 heterocycles. The maximum atomic E-state index is 12.1. The van der Waals surface area contributed by atoms with Crippen LogP contribution in [-0.2, 0) is 0 Å². The molecular formula is C15H12Cl2NOS. The number of rotatable bonds is 3. The summed E-state index contributed by atoms with van der Waals surface area (Å²) in [7, 11) is 0. The Bertz CT molecular complexity index is 658. The molecule has 0 aliphatic carbocycles. The van der Waals surface area contributed by atoms with Gasteiger partial charge in [0.25, 0.3) is 5.91 Å². The van der Waals surface area contributed by atoms with Gasteiger partial charge in [0.05, 0.1) is 10.0 Å². The van der Waals surface area contributed by atoms with Gasteiger partial charge in [0, 0.05) is 16.1 Å². The first-order valence-corrected chi connectivity index (χ1v) is 7.75. The monoisotopic (exact) mass is 324 g/mol. The van der Waals surface area contributed by atoms with Crippen LogP contribution in [0.5, 0.6) is 0 Å². The van der Waals surface area contributed by atoms with E-state index in [4.69, 9.17) is 23.2 Å². The number of halogens is 2. The lowest BCUT2D eigenvalue weighted by Crippen LogP contribution is -2.11. The summed E-state index contributed by atoms with van der Waals surface area (Å²) in [6.45, 7) is 3.93. The van der Waals surface area contributed by atoms with E-state index in [0.29, 0.717) is 15.6 Å². The van der Waals surface area contributed by atoms with E-state index in [1.807, 2.05) is 24.5 Å². The fourth-order valence-corrected chi connectivity index (χ4v) is 2.54. The molecule has 1 radical (unpaired) electrons. The van der Waals surface area contributed by atoms with Gasteiger partial charge in [-0.05, 0) is 49.1 Å². The largest absolute Gasteiger partial charge is 0.322 e. The van der Waals surface area contributed by atoms with Crippen LogP contribution in [0.15, 0.2) is 41.3 Å². The lowest BCUT2D eigenvalue weighted by atomic mass is 10.2. The van der Waals surface area contributed by atoms with E-state index >= 15 is 0 Å². The molecule has 103 valence electrons. The van der Waals surface area contributed by atoms with Crippen LogP contribution in [0, 0.1) is 6.92 Å². The van der Waals surface area contributed by atoms with E-state index < -0.39 is 0 Å². The van der Waals surface area contributed by atoms with Crippen molar-refractivity contribution in [3.8, 4) is 0 Å². The SMILES string of the molecule is [CH2]c1ccc(NC(=O)c2ccc(Cl)c(Cl)c2)cc1SC. The van der Waals surface area contributed by atoms with E-state index in [9.17, 15) is 4.79 Å². The zero-order valence-electron chi connectivity index (χ0n) is 10.7. The van der Waals surface area contributed by atoms with Crippen LogP contribution in [0.4, 0.5) is 5.69 Å². The molecule has 2 aromatic rings. The second kappa shape index (κ2) is 6.53. The second-order valence-corrected chi connectivity index (χ2v) is 5.77. The molecule has 1 amide bonds. The number of hydrogen-bond donors (Lipinski definition) is 1. The molecule has 5 heteroatoms. The average molecular weight is 325 g/mol. The van der Waals surface area contributed by atoms with Gasteiger partial charge in [0.1, 0.15) is 0 Å². The molecule has 0 aliphatic heterocycles. The van der Waals surface area contributed by atoms with Crippen molar-refractivity contribution in [1.29, 1.82) is 0 Å². The van der Waals surface area contributed by atoms with Crippen molar-refractivity contribution < 1.29 is 4.79 Å². The van der Waals surface area contributed by atoms with Gasteiger partial charge in [0.2, 0.25) is 0 Å². The Hall–Kier alpha value is -1.16. The summed E-state index contributed by atoms with van der Waals surface area (Å²) in [6, 6.07) is 10.4. The zero-order valence-corrected chi connectivity index (χ0v) is 13.1. The van der Waals surface area contributed by atoms with E-state index in [-0.39, 0.29) is 5.91 Å². The van der Waals surface area contributed by atoms with Gasteiger partial charge in [-0.2, -0.15) is 0 Å². The van der Waals surface area contributed by atoms with Crippen molar-refractivity contribution in [2.45, 2.75) is 4.90 Å². The molecule has 0 aromatic heterocycles. The highest BCUT2D eigenvalue weighted by Gasteiger charge is 2.09. The third kappa shape index (κ3) is 3.48. The Kier molecular flexibility index (Phi) is 4.97. The van der Waals surface area contributed by atoms with Crippen LogP contribution >= 0.6 is 35.0 Å². The van der Waals surface area contributed by atoms with Crippen molar-refractivity contribution in [1.82, 2.24) is 0 Å². The van der Waals surface area contributed by atoms with E-state index in [1.165, 1.54) is 0 Å². The molecule has 0 bridgehead atoms. The summed E-state index contributed by atoms with van der Waals surface area (Å²) in [4.78, 5) is 13.2. The standard InChI is InChI=1S/C15H12Cl2NOS/c1-9-3-5-11(8-14(9)20-2)18-15(19)10-4-6-12(16)13(17)7-10/h3-8H,1H2,2H3,(H,18,19). The fraction of sp³-hybridized carbons (Fsp3) is 0.0667. The van der Waals surface area contributed by atoms with Gasteiger partial charge in [-0.3, -0.25) is 4.79 Å². The number of benzene rings is 2. The Morgan fingerprint density at radius 2 is 1.90 bits per heavy atom. The minimum atomic E-state index is -0.229. The highest BCUT2D eigenvalue weighted by Crippen LogP contribution is 2.25. The molecule has 0 atom stereocenters. The Balaban J connectivity index is 2.21. The predicted octanol–water partition coefficient (Wildman–Crippen LogP) is 5.15. The molecule has 0 aliphatic rings. The summed E-state index contributed by atoms with van der Waals surface area (Å²) in [5.41, 5.74) is 2.12. The third-order valence-electron chi connectivity index (χ3n) is 2.73. The van der Waals surface area contributed by atoms with Crippen LogP contribution in [0.1, 0.15) is 15.9 Å². The number of carbonyl (C=O) groups excluding carboxylic acids is 1. The number of anilines is 1. The van der Waals surface area contributed by atoms with Gasteiger partial charge in [0.15, 0.2) is 0 Å². The minimum absolute atomic E-state index is 0.229. The predicted molar refractivity (Wildman–Crippen MR) is 87.1 cm³/mol. The number of thioether (sulfide) groups is 1. The third-order valence-corrected chi connectivity index (χ3v) is 4.29. The smallest absolute Gasteiger partial charge is 0.255 e.